The molecule has 0 aliphatic carbocycles. The summed E-state index contributed by atoms with van der Waals surface area (Å²) in [6.07, 6.45) is 3.11. The normalized spacial score (nSPS) is 10.5. The van der Waals surface area contributed by atoms with E-state index < -0.39 is 5.97 Å². The fourth-order valence-corrected chi connectivity index (χ4v) is 2.05. The first-order valence-electron chi connectivity index (χ1n) is 7.26. The van der Waals surface area contributed by atoms with Crippen LogP contribution in [0.1, 0.15) is 22.8 Å². The van der Waals surface area contributed by atoms with Gasteiger partial charge in [-0.05, 0) is 48.0 Å². The summed E-state index contributed by atoms with van der Waals surface area (Å²) in [5, 5.41) is 0. The largest absolute Gasteiger partial charge is 0.497 e. The highest BCUT2D eigenvalue weighted by atomic mass is 16.6. The predicted molar refractivity (Wildman–Crippen MR) is 90.7 cm³/mol. The van der Waals surface area contributed by atoms with Gasteiger partial charge in [-0.15, -0.1) is 0 Å². The topological polar surface area (TPSA) is 61.8 Å². The highest BCUT2D eigenvalue weighted by Crippen LogP contribution is 2.28. The molecule has 0 saturated heterocycles. The van der Waals surface area contributed by atoms with Crippen LogP contribution in [0.2, 0.25) is 0 Å². The Hall–Kier alpha value is -3.08. The van der Waals surface area contributed by atoms with Gasteiger partial charge in [-0.1, -0.05) is 12.1 Å². The average molecular weight is 326 g/mol. The second-order valence-electron chi connectivity index (χ2n) is 4.93. The zero-order valence-corrected chi connectivity index (χ0v) is 13.7. The Labute approximate surface area is 140 Å². The maximum atomic E-state index is 12.2. The molecule has 2 aromatic rings. The highest BCUT2D eigenvalue weighted by molar-refractivity contribution is 6.06. The molecule has 2 rings (SSSR count). The molecule has 0 fully saturated rings. The van der Waals surface area contributed by atoms with Crippen molar-refractivity contribution in [2.45, 2.75) is 6.92 Å². The van der Waals surface area contributed by atoms with Crippen LogP contribution in [0.5, 0.6) is 17.2 Å². The SMILES string of the molecule is COc1ccc(C(=O)/C=C/c2ccc(OC)c(OC(C)=O)c2)cc1. The standard InChI is InChI=1S/C19H18O5/c1-13(20)24-19-12-14(5-11-18(19)23-3)4-10-17(21)15-6-8-16(22-2)9-7-15/h4-12H,1-3H3/b10-4+. The van der Waals surface area contributed by atoms with Crippen LogP contribution in [0.3, 0.4) is 0 Å². The lowest BCUT2D eigenvalue weighted by atomic mass is 10.1. The van der Waals surface area contributed by atoms with Crippen molar-refractivity contribution < 1.29 is 23.8 Å². The van der Waals surface area contributed by atoms with Crippen molar-refractivity contribution in [2.24, 2.45) is 0 Å². The third kappa shape index (κ3) is 4.46. The lowest BCUT2D eigenvalue weighted by Crippen LogP contribution is -2.03. The summed E-state index contributed by atoms with van der Waals surface area (Å²) >= 11 is 0. The number of ketones is 1. The Morgan fingerprint density at radius 1 is 0.917 bits per heavy atom. The van der Waals surface area contributed by atoms with Crippen LogP contribution < -0.4 is 14.2 Å². The van der Waals surface area contributed by atoms with Crippen molar-refractivity contribution in [3.63, 3.8) is 0 Å². The first-order chi connectivity index (χ1) is 11.5. The van der Waals surface area contributed by atoms with Gasteiger partial charge in [-0.2, -0.15) is 0 Å². The van der Waals surface area contributed by atoms with Gasteiger partial charge in [-0.3, -0.25) is 9.59 Å². The number of hydrogen-bond acceptors (Lipinski definition) is 5. The maximum Gasteiger partial charge on any atom is 0.308 e. The molecule has 2 aromatic carbocycles. The van der Waals surface area contributed by atoms with Crippen LogP contribution in [0, 0.1) is 0 Å². The zero-order valence-electron chi connectivity index (χ0n) is 13.7. The molecule has 0 radical (unpaired) electrons. The highest BCUT2D eigenvalue weighted by Gasteiger charge is 2.08. The van der Waals surface area contributed by atoms with E-state index in [0.717, 1.165) is 0 Å². The minimum absolute atomic E-state index is 0.137. The van der Waals surface area contributed by atoms with Crippen LogP contribution in [-0.2, 0) is 4.79 Å². The number of esters is 1. The molecule has 5 nitrogen and oxygen atoms in total. The first kappa shape index (κ1) is 17.3. The summed E-state index contributed by atoms with van der Waals surface area (Å²) in [5.41, 5.74) is 1.27. The number of carbonyl (C=O) groups excluding carboxylic acids is 2. The molecule has 124 valence electrons. The van der Waals surface area contributed by atoms with Gasteiger partial charge in [0.15, 0.2) is 17.3 Å². The minimum Gasteiger partial charge on any atom is -0.497 e. The summed E-state index contributed by atoms with van der Waals surface area (Å²) in [5.74, 6) is 0.871. The van der Waals surface area contributed by atoms with E-state index in [9.17, 15) is 9.59 Å². The van der Waals surface area contributed by atoms with Crippen LogP contribution in [0.25, 0.3) is 6.08 Å². The van der Waals surface area contributed by atoms with Crippen molar-refractivity contribution in [1.82, 2.24) is 0 Å². The van der Waals surface area contributed by atoms with Crippen molar-refractivity contribution in [3.8, 4) is 17.2 Å². The van der Waals surface area contributed by atoms with Crippen LogP contribution in [0.15, 0.2) is 48.5 Å². The Morgan fingerprint density at radius 2 is 1.62 bits per heavy atom. The lowest BCUT2D eigenvalue weighted by molar-refractivity contribution is -0.132. The van der Waals surface area contributed by atoms with Gasteiger partial charge in [0.2, 0.25) is 0 Å². The molecule has 0 bridgehead atoms. The number of hydrogen-bond donors (Lipinski definition) is 0. The molecular formula is C19H18O5. The van der Waals surface area contributed by atoms with E-state index in [1.54, 1.807) is 55.7 Å². The monoisotopic (exact) mass is 326 g/mol. The minimum atomic E-state index is -0.441. The van der Waals surface area contributed by atoms with Gasteiger partial charge in [0.05, 0.1) is 14.2 Å². The number of benzene rings is 2. The van der Waals surface area contributed by atoms with Crippen LogP contribution >= 0.6 is 0 Å². The smallest absolute Gasteiger partial charge is 0.308 e. The van der Waals surface area contributed by atoms with Crippen LogP contribution in [0.4, 0.5) is 0 Å². The molecule has 0 aliphatic rings. The summed E-state index contributed by atoms with van der Waals surface area (Å²) in [6, 6.07) is 11.9. The molecule has 0 aromatic heterocycles. The van der Waals surface area contributed by atoms with E-state index >= 15 is 0 Å². The van der Waals surface area contributed by atoms with Gasteiger partial charge in [-0.25, -0.2) is 0 Å². The molecule has 0 unspecified atom stereocenters. The lowest BCUT2D eigenvalue weighted by Gasteiger charge is -2.08. The van der Waals surface area contributed by atoms with Crippen molar-refractivity contribution >= 4 is 17.8 Å². The van der Waals surface area contributed by atoms with Gasteiger partial charge in [0.25, 0.3) is 0 Å². The van der Waals surface area contributed by atoms with Crippen LogP contribution in [-0.4, -0.2) is 26.0 Å². The Bertz CT molecular complexity index is 760. The van der Waals surface area contributed by atoms with E-state index in [-0.39, 0.29) is 5.78 Å². The van der Waals surface area contributed by atoms with Gasteiger partial charge in [0.1, 0.15) is 5.75 Å². The molecule has 0 saturated carbocycles. The Kier molecular flexibility index (Phi) is 5.73. The second-order valence-corrected chi connectivity index (χ2v) is 4.93. The third-order valence-corrected chi connectivity index (χ3v) is 3.24. The van der Waals surface area contributed by atoms with Crippen molar-refractivity contribution in [1.29, 1.82) is 0 Å². The summed E-state index contributed by atoms with van der Waals surface area (Å²) in [7, 11) is 3.06. The van der Waals surface area contributed by atoms with Crippen molar-refractivity contribution in [3.05, 3.63) is 59.7 Å². The maximum absolute atomic E-state index is 12.2. The molecule has 0 N–H and O–H groups in total. The molecule has 0 heterocycles. The van der Waals surface area contributed by atoms with Gasteiger partial charge in [0, 0.05) is 12.5 Å². The van der Waals surface area contributed by atoms with Gasteiger partial charge >= 0.3 is 5.97 Å². The summed E-state index contributed by atoms with van der Waals surface area (Å²) in [4.78, 5) is 23.3. The third-order valence-electron chi connectivity index (χ3n) is 3.24. The average Bonchev–Trinajstić information content (AvgIpc) is 2.59. The summed E-state index contributed by atoms with van der Waals surface area (Å²) in [6.45, 7) is 1.31. The van der Waals surface area contributed by atoms with E-state index in [1.165, 1.54) is 20.1 Å². The predicted octanol–water partition coefficient (Wildman–Crippen LogP) is 3.53. The fourth-order valence-electron chi connectivity index (χ4n) is 2.05. The molecule has 0 aliphatic heterocycles. The fraction of sp³-hybridized carbons (Fsp3) is 0.158. The molecular weight excluding hydrogens is 308 g/mol. The number of ether oxygens (including phenoxy) is 3. The number of allylic oxidation sites excluding steroid dienone is 1. The van der Waals surface area contributed by atoms with E-state index in [4.69, 9.17) is 14.2 Å². The van der Waals surface area contributed by atoms with E-state index in [2.05, 4.69) is 0 Å². The van der Waals surface area contributed by atoms with Gasteiger partial charge < -0.3 is 14.2 Å². The zero-order chi connectivity index (χ0) is 17.5. The molecule has 0 atom stereocenters. The molecule has 0 spiro atoms. The molecule has 0 amide bonds. The molecule has 24 heavy (non-hydrogen) atoms. The van der Waals surface area contributed by atoms with Crippen molar-refractivity contribution in [2.75, 3.05) is 14.2 Å². The number of carbonyl (C=O) groups is 2. The van der Waals surface area contributed by atoms with E-state index in [1.807, 2.05) is 0 Å². The van der Waals surface area contributed by atoms with E-state index in [0.29, 0.717) is 28.4 Å². The quantitative estimate of drug-likeness (QED) is 0.352. The Balaban J connectivity index is 2.17. The number of methoxy groups -OCH3 is 2. The number of rotatable bonds is 6. The Morgan fingerprint density at radius 3 is 2.21 bits per heavy atom. The second kappa shape index (κ2) is 7.97. The molecule has 5 heteroatoms. The summed E-state index contributed by atoms with van der Waals surface area (Å²) < 4.78 is 15.3. The first-order valence-corrected chi connectivity index (χ1v) is 7.26.